The van der Waals surface area contributed by atoms with E-state index in [2.05, 4.69) is 49.5 Å². The van der Waals surface area contributed by atoms with E-state index >= 15 is 0 Å². The van der Waals surface area contributed by atoms with Crippen LogP contribution in [0.3, 0.4) is 0 Å². The van der Waals surface area contributed by atoms with Gasteiger partial charge >= 0.3 is 0 Å². The Morgan fingerprint density at radius 2 is 1.88 bits per heavy atom. The van der Waals surface area contributed by atoms with Gasteiger partial charge in [-0.05, 0) is 43.1 Å². The molecule has 1 heteroatoms. The van der Waals surface area contributed by atoms with E-state index in [4.69, 9.17) is 0 Å². The first-order chi connectivity index (χ1) is 8.16. The summed E-state index contributed by atoms with van der Waals surface area (Å²) < 4.78 is 0. The van der Waals surface area contributed by atoms with Crippen molar-refractivity contribution in [2.45, 2.75) is 52.0 Å². The highest BCUT2D eigenvalue weighted by molar-refractivity contribution is 5.14. The first-order valence-corrected chi connectivity index (χ1v) is 6.93. The Morgan fingerprint density at radius 1 is 1.18 bits per heavy atom. The zero-order chi connectivity index (χ0) is 12.1. The molecule has 1 fully saturated rings. The van der Waals surface area contributed by atoms with Gasteiger partial charge in [0.15, 0.2) is 0 Å². The third-order valence-corrected chi connectivity index (χ3v) is 3.61. The average molecular weight is 231 g/mol. The average Bonchev–Trinajstić information content (AvgIpc) is 3.12. The summed E-state index contributed by atoms with van der Waals surface area (Å²) in [4.78, 5) is 0. The summed E-state index contributed by atoms with van der Waals surface area (Å²) in [7, 11) is 0. The summed E-state index contributed by atoms with van der Waals surface area (Å²) in [6.45, 7) is 5.94. The molecule has 1 aromatic rings. The van der Waals surface area contributed by atoms with Crippen LogP contribution in [0.2, 0.25) is 0 Å². The quantitative estimate of drug-likeness (QED) is 0.753. The van der Waals surface area contributed by atoms with E-state index in [-0.39, 0.29) is 0 Å². The molecule has 1 nitrogen and oxygen atoms in total. The molecule has 0 atom stereocenters. The smallest absolute Gasteiger partial charge is 0.00684 e. The Bertz CT molecular complexity index is 325. The van der Waals surface area contributed by atoms with Crippen LogP contribution in [0.25, 0.3) is 0 Å². The van der Waals surface area contributed by atoms with Crippen molar-refractivity contribution in [3.63, 3.8) is 0 Å². The fourth-order valence-electron chi connectivity index (χ4n) is 2.21. The van der Waals surface area contributed by atoms with Crippen LogP contribution >= 0.6 is 0 Å². The van der Waals surface area contributed by atoms with Crippen LogP contribution in [0.15, 0.2) is 30.3 Å². The number of rotatable bonds is 7. The van der Waals surface area contributed by atoms with E-state index in [1.165, 1.54) is 44.2 Å². The van der Waals surface area contributed by atoms with Gasteiger partial charge in [0.2, 0.25) is 0 Å². The van der Waals surface area contributed by atoms with Crippen LogP contribution in [-0.2, 0) is 6.42 Å². The lowest BCUT2D eigenvalue weighted by Crippen LogP contribution is -2.30. The van der Waals surface area contributed by atoms with Crippen LogP contribution in [-0.4, -0.2) is 12.6 Å². The van der Waals surface area contributed by atoms with Crippen molar-refractivity contribution in [3.8, 4) is 0 Å². The third-order valence-electron chi connectivity index (χ3n) is 3.61. The predicted molar refractivity (Wildman–Crippen MR) is 74.2 cm³/mol. The van der Waals surface area contributed by atoms with E-state index in [9.17, 15) is 0 Å². The Kier molecular flexibility index (Phi) is 4.22. The zero-order valence-corrected chi connectivity index (χ0v) is 11.2. The molecule has 1 aliphatic rings. The Hall–Kier alpha value is -0.820. The lowest BCUT2D eigenvalue weighted by molar-refractivity contribution is 0.305. The fraction of sp³-hybridized carbons (Fsp3) is 0.625. The van der Waals surface area contributed by atoms with Gasteiger partial charge in [-0.25, -0.2) is 0 Å². The summed E-state index contributed by atoms with van der Waals surface area (Å²) in [5.74, 6) is 0. The van der Waals surface area contributed by atoms with Gasteiger partial charge in [-0.15, -0.1) is 0 Å². The first-order valence-electron chi connectivity index (χ1n) is 6.93. The molecule has 2 rings (SSSR count). The van der Waals surface area contributed by atoms with Crippen molar-refractivity contribution >= 4 is 0 Å². The van der Waals surface area contributed by atoms with Crippen molar-refractivity contribution in [3.05, 3.63) is 35.9 Å². The molecule has 0 aromatic heterocycles. The predicted octanol–water partition coefficient (Wildman–Crippen LogP) is 3.79. The van der Waals surface area contributed by atoms with Crippen LogP contribution in [0.5, 0.6) is 0 Å². The minimum atomic E-state index is 0.442. The van der Waals surface area contributed by atoms with E-state index in [1.54, 1.807) is 0 Å². The van der Waals surface area contributed by atoms with E-state index in [0.29, 0.717) is 5.41 Å². The number of benzene rings is 1. The molecule has 1 aliphatic carbocycles. The maximum atomic E-state index is 3.65. The van der Waals surface area contributed by atoms with Crippen molar-refractivity contribution < 1.29 is 0 Å². The summed E-state index contributed by atoms with van der Waals surface area (Å²) in [5.41, 5.74) is 1.91. The topological polar surface area (TPSA) is 12.0 Å². The zero-order valence-electron chi connectivity index (χ0n) is 11.2. The molecule has 0 amide bonds. The van der Waals surface area contributed by atoms with Gasteiger partial charge in [-0.3, -0.25) is 0 Å². The molecule has 0 aliphatic heterocycles. The highest BCUT2D eigenvalue weighted by Gasteiger charge is 2.24. The molecule has 0 saturated heterocycles. The third kappa shape index (κ3) is 4.91. The Labute approximate surface area is 106 Å². The van der Waals surface area contributed by atoms with Gasteiger partial charge in [-0.2, -0.15) is 0 Å². The monoisotopic (exact) mass is 231 g/mol. The molecule has 0 unspecified atom stereocenters. The van der Waals surface area contributed by atoms with E-state index in [1.807, 2.05) is 0 Å². The first kappa shape index (κ1) is 12.6. The molecule has 0 spiro atoms. The molecule has 0 radical (unpaired) electrons. The minimum absolute atomic E-state index is 0.442. The molecule has 1 N–H and O–H groups in total. The fourth-order valence-corrected chi connectivity index (χ4v) is 2.21. The van der Waals surface area contributed by atoms with Gasteiger partial charge in [0.1, 0.15) is 0 Å². The molecule has 17 heavy (non-hydrogen) atoms. The molecule has 1 aromatic carbocycles. The van der Waals surface area contributed by atoms with Crippen molar-refractivity contribution in [2.24, 2.45) is 5.41 Å². The van der Waals surface area contributed by atoms with Crippen LogP contribution in [0.1, 0.15) is 45.1 Å². The second-order valence-electron chi connectivity index (χ2n) is 6.16. The van der Waals surface area contributed by atoms with E-state index in [0.717, 1.165) is 6.04 Å². The highest BCUT2D eigenvalue weighted by atomic mass is 15.0. The van der Waals surface area contributed by atoms with Gasteiger partial charge in [0.25, 0.3) is 0 Å². The normalized spacial score (nSPS) is 16.1. The maximum absolute atomic E-state index is 3.65. The SMILES string of the molecule is CC(C)(CCCc1ccccc1)CNC1CC1. The maximum Gasteiger partial charge on any atom is 0.00684 e. The van der Waals surface area contributed by atoms with Crippen molar-refractivity contribution in [1.82, 2.24) is 5.32 Å². The molecular weight excluding hydrogens is 206 g/mol. The summed E-state index contributed by atoms with van der Waals surface area (Å²) in [6.07, 6.45) is 6.60. The van der Waals surface area contributed by atoms with Gasteiger partial charge in [0.05, 0.1) is 0 Å². The second-order valence-corrected chi connectivity index (χ2v) is 6.16. The number of hydrogen-bond donors (Lipinski definition) is 1. The molecule has 1 saturated carbocycles. The number of nitrogens with one attached hydrogen (secondary N) is 1. The second kappa shape index (κ2) is 5.68. The van der Waals surface area contributed by atoms with Gasteiger partial charge in [-0.1, -0.05) is 44.2 Å². The number of aryl methyl sites for hydroxylation is 1. The van der Waals surface area contributed by atoms with Gasteiger partial charge < -0.3 is 5.32 Å². The number of hydrogen-bond acceptors (Lipinski definition) is 1. The van der Waals surface area contributed by atoms with Crippen molar-refractivity contribution in [2.75, 3.05) is 6.54 Å². The van der Waals surface area contributed by atoms with Crippen LogP contribution in [0.4, 0.5) is 0 Å². The lowest BCUT2D eigenvalue weighted by atomic mass is 9.86. The largest absolute Gasteiger partial charge is 0.313 e. The molecule has 0 bridgehead atoms. The highest BCUT2D eigenvalue weighted by Crippen LogP contribution is 2.25. The Balaban J connectivity index is 1.65. The standard InChI is InChI=1S/C16H25N/c1-16(2,13-17-15-10-11-15)12-6-9-14-7-4-3-5-8-14/h3-5,7-8,15,17H,6,9-13H2,1-2H3. The summed E-state index contributed by atoms with van der Waals surface area (Å²) in [6, 6.07) is 11.7. The minimum Gasteiger partial charge on any atom is -0.313 e. The van der Waals surface area contributed by atoms with Crippen molar-refractivity contribution in [1.29, 1.82) is 0 Å². The summed E-state index contributed by atoms with van der Waals surface area (Å²) in [5, 5.41) is 3.65. The van der Waals surface area contributed by atoms with Crippen LogP contribution in [0, 0.1) is 5.41 Å². The lowest BCUT2D eigenvalue weighted by Gasteiger charge is -2.25. The Morgan fingerprint density at radius 3 is 2.53 bits per heavy atom. The summed E-state index contributed by atoms with van der Waals surface area (Å²) >= 11 is 0. The molecule has 0 heterocycles. The van der Waals surface area contributed by atoms with E-state index < -0.39 is 0 Å². The molecule has 94 valence electrons. The van der Waals surface area contributed by atoms with Gasteiger partial charge in [0, 0.05) is 12.6 Å². The molecular formula is C16H25N. The van der Waals surface area contributed by atoms with Crippen LogP contribution < -0.4 is 5.32 Å².